The van der Waals surface area contributed by atoms with Crippen LogP contribution in [0.3, 0.4) is 0 Å². The van der Waals surface area contributed by atoms with Crippen LogP contribution >= 0.6 is 11.6 Å². The van der Waals surface area contributed by atoms with Gasteiger partial charge in [0.05, 0.1) is 5.75 Å². The van der Waals surface area contributed by atoms with E-state index in [1.807, 2.05) is 12.1 Å². The molecular formula is C13H20ClN3O2S. The fraction of sp³-hybridized carbons (Fsp3) is 0.615. The zero-order chi connectivity index (χ0) is 14.4. The SMILES string of the molecule is O=S(=O)(CCc1ccncc1)N1CCN(CCCl)CC1. The Morgan fingerprint density at radius 3 is 2.40 bits per heavy atom. The van der Waals surface area contributed by atoms with Crippen molar-refractivity contribution in [2.45, 2.75) is 6.42 Å². The molecule has 112 valence electrons. The molecule has 0 aromatic carbocycles. The largest absolute Gasteiger partial charge is 0.300 e. The molecule has 0 N–H and O–H groups in total. The van der Waals surface area contributed by atoms with Gasteiger partial charge in [0, 0.05) is 51.0 Å². The van der Waals surface area contributed by atoms with Crippen molar-refractivity contribution < 1.29 is 8.42 Å². The Hall–Kier alpha value is -0.690. The molecule has 0 radical (unpaired) electrons. The summed E-state index contributed by atoms with van der Waals surface area (Å²) in [6.45, 7) is 3.49. The maximum atomic E-state index is 12.3. The maximum Gasteiger partial charge on any atom is 0.214 e. The van der Waals surface area contributed by atoms with E-state index in [1.165, 1.54) is 0 Å². The minimum absolute atomic E-state index is 0.159. The molecule has 0 atom stereocenters. The van der Waals surface area contributed by atoms with Crippen molar-refractivity contribution in [1.29, 1.82) is 0 Å². The highest BCUT2D eigenvalue weighted by atomic mass is 35.5. The molecule has 1 aliphatic rings. The van der Waals surface area contributed by atoms with Gasteiger partial charge in [-0.3, -0.25) is 9.88 Å². The highest BCUT2D eigenvalue weighted by Gasteiger charge is 2.26. The number of aryl methyl sites for hydroxylation is 1. The predicted molar refractivity (Wildman–Crippen MR) is 80.5 cm³/mol. The van der Waals surface area contributed by atoms with E-state index in [9.17, 15) is 8.42 Å². The van der Waals surface area contributed by atoms with Crippen LogP contribution in [0.15, 0.2) is 24.5 Å². The zero-order valence-corrected chi connectivity index (χ0v) is 13.0. The molecule has 7 heteroatoms. The summed E-state index contributed by atoms with van der Waals surface area (Å²) in [4.78, 5) is 6.13. The lowest BCUT2D eigenvalue weighted by Gasteiger charge is -2.33. The molecule has 0 amide bonds. The van der Waals surface area contributed by atoms with Gasteiger partial charge in [-0.05, 0) is 24.1 Å². The van der Waals surface area contributed by atoms with Crippen LogP contribution in [-0.2, 0) is 16.4 Å². The summed E-state index contributed by atoms with van der Waals surface area (Å²) < 4.78 is 26.2. The third-order valence-electron chi connectivity index (χ3n) is 3.52. The van der Waals surface area contributed by atoms with E-state index < -0.39 is 10.0 Å². The highest BCUT2D eigenvalue weighted by Crippen LogP contribution is 2.10. The average molecular weight is 318 g/mol. The van der Waals surface area contributed by atoms with Crippen LogP contribution in [0.1, 0.15) is 5.56 Å². The second-order valence-corrected chi connectivity index (χ2v) is 7.32. The van der Waals surface area contributed by atoms with Crippen molar-refractivity contribution in [3.8, 4) is 0 Å². The van der Waals surface area contributed by atoms with E-state index in [-0.39, 0.29) is 5.75 Å². The lowest BCUT2D eigenvalue weighted by Crippen LogP contribution is -2.49. The first-order valence-corrected chi connectivity index (χ1v) is 8.91. The van der Waals surface area contributed by atoms with E-state index >= 15 is 0 Å². The molecule has 20 heavy (non-hydrogen) atoms. The Bertz CT molecular complexity index is 502. The van der Waals surface area contributed by atoms with E-state index in [0.717, 1.165) is 25.2 Å². The van der Waals surface area contributed by atoms with Crippen LogP contribution in [-0.4, -0.2) is 67.0 Å². The number of sulfonamides is 1. The number of hydrogen-bond donors (Lipinski definition) is 0. The first-order valence-electron chi connectivity index (χ1n) is 6.77. The van der Waals surface area contributed by atoms with Crippen molar-refractivity contribution in [3.05, 3.63) is 30.1 Å². The first kappa shape index (κ1) is 15.7. The van der Waals surface area contributed by atoms with Gasteiger partial charge in [0.1, 0.15) is 0 Å². The third-order valence-corrected chi connectivity index (χ3v) is 5.56. The molecule has 0 spiro atoms. The standard InChI is InChI=1S/C13H20ClN3O2S/c14-4-7-16-8-10-17(11-9-16)20(18,19)12-3-13-1-5-15-6-2-13/h1-2,5-6H,3-4,7-12H2. The fourth-order valence-electron chi connectivity index (χ4n) is 2.28. The zero-order valence-electron chi connectivity index (χ0n) is 11.4. The van der Waals surface area contributed by atoms with Crippen LogP contribution in [0.25, 0.3) is 0 Å². The van der Waals surface area contributed by atoms with Crippen molar-refractivity contribution in [3.63, 3.8) is 0 Å². The number of pyridine rings is 1. The number of nitrogens with zero attached hydrogens (tertiary/aromatic N) is 3. The Morgan fingerprint density at radius 1 is 1.15 bits per heavy atom. The Balaban J connectivity index is 1.85. The molecule has 1 aromatic rings. The Kier molecular flexibility index (Phi) is 5.77. The number of halogens is 1. The summed E-state index contributed by atoms with van der Waals surface area (Å²) in [6, 6.07) is 3.71. The molecule has 0 bridgehead atoms. The molecule has 2 rings (SSSR count). The third kappa shape index (κ3) is 4.41. The molecule has 1 fully saturated rings. The second-order valence-electron chi connectivity index (χ2n) is 4.85. The Labute approximate surface area is 125 Å². The van der Waals surface area contributed by atoms with Crippen LogP contribution < -0.4 is 0 Å². The van der Waals surface area contributed by atoms with Crippen molar-refractivity contribution in [1.82, 2.24) is 14.2 Å². The molecule has 0 saturated carbocycles. The van der Waals surface area contributed by atoms with Crippen LogP contribution in [0.2, 0.25) is 0 Å². The van der Waals surface area contributed by atoms with E-state index in [0.29, 0.717) is 25.4 Å². The van der Waals surface area contributed by atoms with E-state index in [4.69, 9.17) is 11.6 Å². The molecule has 5 nitrogen and oxygen atoms in total. The molecule has 0 aliphatic carbocycles. The Morgan fingerprint density at radius 2 is 1.80 bits per heavy atom. The fourth-order valence-corrected chi connectivity index (χ4v) is 3.99. The van der Waals surface area contributed by atoms with Crippen molar-refractivity contribution in [2.24, 2.45) is 0 Å². The van der Waals surface area contributed by atoms with Crippen LogP contribution in [0.5, 0.6) is 0 Å². The minimum Gasteiger partial charge on any atom is -0.300 e. The molecule has 2 heterocycles. The second kappa shape index (κ2) is 7.36. The lowest BCUT2D eigenvalue weighted by molar-refractivity contribution is 0.197. The molecular weight excluding hydrogens is 298 g/mol. The smallest absolute Gasteiger partial charge is 0.214 e. The topological polar surface area (TPSA) is 53.5 Å². The van der Waals surface area contributed by atoms with Gasteiger partial charge in [0.2, 0.25) is 10.0 Å². The predicted octanol–water partition coefficient (Wildman–Crippen LogP) is 0.810. The van der Waals surface area contributed by atoms with Crippen LogP contribution in [0, 0.1) is 0 Å². The van der Waals surface area contributed by atoms with Gasteiger partial charge >= 0.3 is 0 Å². The molecule has 1 saturated heterocycles. The molecule has 1 aromatic heterocycles. The number of alkyl halides is 1. The van der Waals surface area contributed by atoms with Gasteiger partial charge in [-0.25, -0.2) is 8.42 Å². The van der Waals surface area contributed by atoms with E-state index in [2.05, 4.69) is 9.88 Å². The van der Waals surface area contributed by atoms with Gasteiger partial charge in [0.15, 0.2) is 0 Å². The monoisotopic (exact) mass is 317 g/mol. The lowest BCUT2D eigenvalue weighted by atomic mass is 10.2. The molecule has 1 aliphatic heterocycles. The van der Waals surface area contributed by atoms with Crippen LogP contribution in [0.4, 0.5) is 0 Å². The normalized spacial score (nSPS) is 18.2. The molecule has 0 unspecified atom stereocenters. The summed E-state index contributed by atoms with van der Waals surface area (Å²) in [5.74, 6) is 0.751. The summed E-state index contributed by atoms with van der Waals surface area (Å²) in [5, 5.41) is 0. The number of piperazine rings is 1. The first-order chi connectivity index (χ1) is 9.62. The number of rotatable bonds is 6. The van der Waals surface area contributed by atoms with Crippen molar-refractivity contribution in [2.75, 3.05) is 44.4 Å². The number of hydrogen-bond acceptors (Lipinski definition) is 4. The van der Waals surface area contributed by atoms with E-state index in [1.54, 1.807) is 16.7 Å². The van der Waals surface area contributed by atoms with Gasteiger partial charge in [-0.15, -0.1) is 11.6 Å². The van der Waals surface area contributed by atoms with Gasteiger partial charge < -0.3 is 0 Å². The summed E-state index contributed by atoms with van der Waals surface area (Å²) in [7, 11) is -3.17. The average Bonchev–Trinajstić information content (AvgIpc) is 2.47. The summed E-state index contributed by atoms with van der Waals surface area (Å²) in [5.41, 5.74) is 1.00. The summed E-state index contributed by atoms with van der Waals surface area (Å²) in [6.07, 6.45) is 3.91. The minimum atomic E-state index is -3.17. The quantitative estimate of drug-likeness (QED) is 0.729. The number of aromatic nitrogens is 1. The van der Waals surface area contributed by atoms with Gasteiger partial charge in [0.25, 0.3) is 0 Å². The van der Waals surface area contributed by atoms with Crippen molar-refractivity contribution >= 4 is 21.6 Å². The van der Waals surface area contributed by atoms with Gasteiger partial charge in [-0.1, -0.05) is 0 Å². The maximum absolute atomic E-state index is 12.3. The summed E-state index contributed by atoms with van der Waals surface area (Å²) >= 11 is 5.70. The highest BCUT2D eigenvalue weighted by molar-refractivity contribution is 7.89. The van der Waals surface area contributed by atoms with Gasteiger partial charge in [-0.2, -0.15) is 4.31 Å².